The maximum atomic E-state index is 13.0. The summed E-state index contributed by atoms with van der Waals surface area (Å²) in [6.07, 6.45) is 7.41. The van der Waals surface area contributed by atoms with Gasteiger partial charge in [0.15, 0.2) is 9.84 Å². The van der Waals surface area contributed by atoms with Crippen molar-refractivity contribution in [2.24, 2.45) is 0 Å². The Hall–Kier alpha value is -3.34. The summed E-state index contributed by atoms with van der Waals surface area (Å²) in [4.78, 5) is 28.0. The standard InChI is InChI=1S/C23H20ClN5O4S/c1-34(31,32)21-14-29(23-26-12-16(13-27-23)19-11-17(24)4-5-25-19)20-10-15(2-3-18(20)21)22(30)28-6-8-33-9-7-28/h2-5,10-14H,6-9H2,1H3. The second-order valence-corrected chi connectivity index (χ2v) is 10.3. The van der Waals surface area contributed by atoms with Crippen molar-refractivity contribution in [3.8, 4) is 17.2 Å². The van der Waals surface area contributed by atoms with Crippen molar-refractivity contribution in [2.45, 2.75) is 4.90 Å². The lowest BCUT2D eigenvalue weighted by Crippen LogP contribution is -2.40. The van der Waals surface area contributed by atoms with Crippen molar-refractivity contribution in [1.82, 2.24) is 24.4 Å². The molecule has 3 aromatic heterocycles. The van der Waals surface area contributed by atoms with Crippen molar-refractivity contribution < 1.29 is 17.9 Å². The fourth-order valence-corrected chi connectivity index (χ4v) is 4.91. The molecule has 11 heteroatoms. The molecule has 0 bridgehead atoms. The van der Waals surface area contributed by atoms with E-state index in [0.717, 1.165) is 6.26 Å². The van der Waals surface area contributed by atoms with Crippen molar-refractivity contribution in [3.05, 3.63) is 65.7 Å². The molecule has 1 aromatic carbocycles. The molecule has 0 radical (unpaired) electrons. The topological polar surface area (TPSA) is 107 Å². The highest BCUT2D eigenvalue weighted by Gasteiger charge is 2.23. The van der Waals surface area contributed by atoms with Crippen molar-refractivity contribution >= 4 is 38.2 Å². The smallest absolute Gasteiger partial charge is 0.254 e. The van der Waals surface area contributed by atoms with Gasteiger partial charge in [-0.25, -0.2) is 18.4 Å². The van der Waals surface area contributed by atoms with E-state index < -0.39 is 9.84 Å². The van der Waals surface area contributed by atoms with Crippen molar-refractivity contribution in [1.29, 1.82) is 0 Å². The predicted octanol–water partition coefficient (Wildman–Crippen LogP) is 3.01. The summed E-state index contributed by atoms with van der Waals surface area (Å²) in [6.45, 7) is 2.00. The van der Waals surface area contributed by atoms with Crippen molar-refractivity contribution in [2.75, 3.05) is 32.6 Å². The Morgan fingerprint density at radius 2 is 1.79 bits per heavy atom. The Morgan fingerprint density at radius 1 is 1.06 bits per heavy atom. The summed E-state index contributed by atoms with van der Waals surface area (Å²) in [5.74, 6) is 0.129. The van der Waals surface area contributed by atoms with E-state index in [2.05, 4.69) is 15.0 Å². The maximum Gasteiger partial charge on any atom is 0.254 e. The number of morpholine rings is 1. The number of pyridine rings is 1. The number of halogens is 1. The summed E-state index contributed by atoms with van der Waals surface area (Å²) >= 11 is 6.05. The first-order valence-electron chi connectivity index (χ1n) is 10.5. The van der Waals surface area contributed by atoms with Gasteiger partial charge in [-0.15, -0.1) is 0 Å². The number of nitrogens with zero attached hydrogens (tertiary/aromatic N) is 5. The molecular formula is C23H20ClN5O4S. The summed E-state index contributed by atoms with van der Waals surface area (Å²) in [5, 5.41) is 1.03. The second kappa shape index (κ2) is 8.79. The van der Waals surface area contributed by atoms with Crippen LogP contribution in [-0.2, 0) is 14.6 Å². The molecule has 1 aliphatic heterocycles. The Bertz CT molecular complexity index is 1500. The number of aromatic nitrogens is 4. The van der Waals surface area contributed by atoms with Crippen molar-refractivity contribution in [3.63, 3.8) is 0 Å². The minimum Gasteiger partial charge on any atom is -0.378 e. The van der Waals surface area contributed by atoms with Gasteiger partial charge in [0.1, 0.15) is 0 Å². The molecule has 4 aromatic rings. The minimum atomic E-state index is -3.54. The Balaban J connectivity index is 1.60. The number of fused-ring (bicyclic) bond motifs is 1. The summed E-state index contributed by atoms with van der Waals surface area (Å²) < 4.78 is 31.8. The van der Waals surface area contributed by atoms with Gasteiger partial charge in [-0.3, -0.25) is 14.3 Å². The highest BCUT2D eigenvalue weighted by atomic mass is 35.5. The molecular weight excluding hydrogens is 478 g/mol. The van der Waals surface area contributed by atoms with Gasteiger partial charge in [-0.05, 0) is 24.3 Å². The van der Waals surface area contributed by atoms with E-state index >= 15 is 0 Å². The van der Waals surface area contributed by atoms with Gasteiger partial charge < -0.3 is 9.64 Å². The van der Waals surface area contributed by atoms with Crippen LogP contribution in [0.1, 0.15) is 10.4 Å². The molecule has 0 atom stereocenters. The number of rotatable bonds is 4. The predicted molar refractivity (Wildman–Crippen MR) is 127 cm³/mol. The van der Waals surface area contributed by atoms with E-state index in [1.165, 1.54) is 6.20 Å². The van der Waals surface area contributed by atoms with Gasteiger partial charge in [0.05, 0.1) is 29.3 Å². The number of ether oxygens (including phenoxy) is 1. The number of carbonyl (C=O) groups is 1. The Morgan fingerprint density at radius 3 is 2.47 bits per heavy atom. The van der Waals surface area contributed by atoms with Crippen LogP contribution in [0.5, 0.6) is 0 Å². The molecule has 5 rings (SSSR count). The number of amides is 1. The number of carbonyl (C=O) groups excluding carboxylic acids is 1. The molecule has 0 aliphatic carbocycles. The van der Waals surface area contributed by atoms with Crippen LogP contribution in [0.15, 0.2) is 60.0 Å². The number of sulfone groups is 1. The van der Waals surface area contributed by atoms with Gasteiger partial charge in [-0.2, -0.15) is 0 Å². The molecule has 174 valence electrons. The summed E-state index contributed by atoms with van der Waals surface area (Å²) in [5.41, 5.74) is 2.25. The molecule has 0 unspecified atom stereocenters. The van der Waals surface area contributed by atoms with Gasteiger partial charge in [-0.1, -0.05) is 17.7 Å². The van der Waals surface area contributed by atoms with Crippen LogP contribution in [0.4, 0.5) is 0 Å². The van der Waals surface area contributed by atoms with E-state index in [0.29, 0.717) is 59.0 Å². The molecule has 1 amide bonds. The fourth-order valence-electron chi connectivity index (χ4n) is 3.88. The second-order valence-electron chi connectivity index (χ2n) is 7.90. The van der Waals surface area contributed by atoms with Crippen LogP contribution in [0, 0.1) is 0 Å². The molecule has 0 saturated carbocycles. The lowest BCUT2D eigenvalue weighted by Gasteiger charge is -2.26. The van der Waals surface area contributed by atoms with E-state index in [1.54, 1.807) is 58.4 Å². The fraction of sp³-hybridized carbons (Fsp3) is 0.217. The van der Waals surface area contributed by atoms with Crippen LogP contribution >= 0.6 is 11.6 Å². The zero-order chi connectivity index (χ0) is 23.9. The average molecular weight is 498 g/mol. The SMILES string of the molecule is CS(=O)(=O)c1cn(-c2ncc(-c3cc(Cl)ccn3)cn2)c2cc(C(=O)N3CCOCC3)ccc12. The normalized spacial score (nSPS) is 14.5. The molecule has 34 heavy (non-hydrogen) atoms. The van der Waals surface area contributed by atoms with E-state index in [4.69, 9.17) is 16.3 Å². The highest BCUT2D eigenvalue weighted by molar-refractivity contribution is 7.91. The molecule has 1 saturated heterocycles. The highest BCUT2D eigenvalue weighted by Crippen LogP contribution is 2.29. The number of hydrogen-bond donors (Lipinski definition) is 0. The first-order chi connectivity index (χ1) is 16.3. The minimum absolute atomic E-state index is 0.136. The monoisotopic (exact) mass is 497 g/mol. The van der Waals surface area contributed by atoms with Crippen LogP contribution in [0.3, 0.4) is 0 Å². The third kappa shape index (κ3) is 4.27. The molecule has 9 nitrogen and oxygen atoms in total. The molecule has 1 aliphatic rings. The largest absolute Gasteiger partial charge is 0.378 e. The number of benzene rings is 1. The lowest BCUT2D eigenvalue weighted by molar-refractivity contribution is 0.0303. The van der Waals surface area contributed by atoms with Crippen LogP contribution in [0.25, 0.3) is 28.1 Å². The molecule has 0 spiro atoms. The van der Waals surface area contributed by atoms with E-state index in [9.17, 15) is 13.2 Å². The molecule has 0 N–H and O–H groups in total. The van der Waals surface area contributed by atoms with Crippen LogP contribution in [0.2, 0.25) is 5.02 Å². The lowest BCUT2D eigenvalue weighted by atomic mass is 10.1. The van der Waals surface area contributed by atoms with Gasteiger partial charge in [0.25, 0.3) is 5.91 Å². The van der Waals surface area contributed by atoms with Crippen LogP contribution < -0.4 is 0 Å². The first-order valence-corrected chi connectivity index (χ1v) is 12.7. The number of hydrogen-bond acceptors (Lipinski definition) is 7. The van der Waals surface area contributed by atoms with Crippen LogP contribution in [-0.4, -0.2) is 71.3 Å². The van der Waals surface area contributed by atoms with Gasteiger partial charge in [0, 0.05) is 65.7 Å². The Kier molecular flexibility index (Phi) is 5.80. The molecule has 4 heterocycles. The van der Waals surface area contributed by atoms with E-state index in [1.807, 2.05) is 0 Å². The summed E-state index contributed by atoms with van der Waals surface area (Å²) in [7, 11) is -3.54. The Labute approximate surface area is 200 Å². The quantitative estimate of drug-likeness (QED) is 0.426. The third-order valence-electron chi connectivity index (χ3n) is 5.59. The zero-order valence-corrected chi connectivity index (χ0v) is 19.8. The zero-order valence-electron chi connectivity index (χ0n) is 18.2. The summed E-state index contributed by atoms with van der Waals surface area (Å²) in [6, 6.07) is 8.36. The van der Waals surface area contributed by atoms with E-state index in [-0.39, 0.29) is 16.8 Å². The van der Waals surface area contributed by atoms with Gasteiger partial charge in [0.2, 0.25) is 5.95 Å². The maximum absolute atomic E-state index is 13.0. The third-order valence-corrected chi connectivity index (χ3v) is 6.94. The first kappa shape index (κ1) is 22.5. The van der Waals surface area contributed by atoms with Gasteiger partial charge >= 0.3 is 0 Å². The average Bonchev–Trinajstić information content (AvgIpc) is 3.24. The molecule has 1 fully saturated rings.